The summed E-state index contributed by atoms with van der Waals surface area (Å²) in [7, 11) is 0. The molecule has 1 aliphatic carbocycles. The summed E-state index contributed by atoms with van der Waals surface area (Å²) in [6, 6.07) is 6.30. The van der Waals surface area contributed by atoms with Crippen LogP contribution in [-0.4, -0.2) is 9.97 Å². The number of imidazole rings is 1. The number of rotatable bonds is 2. The highest BCUT2D eigenvalue weighted by Crippen LogP contribution is 2.39. The molecule has 1 N–H and O–H groups in total. The number of halogens is 2. The Morgan fingerprint density at radius 2 is 2.19 bits per heavy atom. The van der Waals surface area contributed by atoms with E-state index in [1.807, 2.05) is 6.20 Å². The van der Waals surface area contributed by atoms with E-state index < -0.39 is 0 Å². The molecule has 1 heterocycles. The largest absolute Gasteiger partial charge is 0.342 e. The fourth-order valence-corrected chi connectivity index (χ4v) is 2.44. The average Bonchev–Trinajstić information content (AvgIpc) is 3.01. The van der Waals surface area contributed by atoms with Crippen LogP contribution >= 0.6 is 38.5 Å². The molecular weight excluding hydrogens is 379 g/mol. The zero-order valence-electron chi connectivity index (χ0n) is 8.50. The van der Waals surface area contributed by atoms with Crippen molar-refractivity contribution in [2.24, 2.45) is 0 Å². The van der Waals surface area contributed by atoms with Crippen LogP contribution in [-0.2, 0) is 0 Å². The van der Waals surface area contributed by atoms with Crippen molar-refractivity contribution in [3.8, 4) is 11.4 Å². The molecule has 1 aromatic heterocycles. The molecule has 16 heavy (non-hydrogen) atoms. The van der Waals surface area contributed by atoms with Crippen molar-refractivity contribution in [2.75, 3.05) is 0 Å². The number of aromatic amines is 1. The molecular formula is C12H10BrIN2. The van der Waals surface area contributed by atoms with Crippen molar-refractivity contribution >= 4 is 38.5 Å². The van der Waals surface area contributed by atoms with Gasteiger partial charge in [0, 0.05) is 31.4 Å². The van der Waals surface area contributed by atoms with Gasteiger partial charge in [-0.25, -0.2) is 4.98 Å². The first kappa shape index (κ1) is 10.8. The standard InChI is InChI=1S/C12H10BrIN2/c13-9-5-8(3-4-10(9)14)12-15-6-11(16-12)7-1-2-7/h3-7H,1-2H2,(H,15,16). The van der Waals surface area contributed by atoms with Gasteiger partial charge in [-0.15, -0.1) is 0 Å². The zero-order valence-corrected chi connectivity index (χ0v) is 12.2. The minimum absolute atomic E-state index is 0.730. The molecule has 0 bridgehead atoms. The van der Waals surface area contributed by atoms with Crippen LogP contribution < -0.4 is 0 Å². The van der Waals surface area contributed by atoms with Crippen molar-refractivity contribution in [3.05, 3.63) is 38.1 Å². The van der Waals surface area contributed by atoms with Gasteiger partial charge in [0.2, 0.25) is 0 Å². The van der Waals surface area contributed by atoms with E-state index in [1.165, 1.54) is 22.1 Å². The highest BCUT2D eigenvalue weighted by Gasteiger charge is 2.25. The maximum atomic E-state index is 4.44. The van der Waals surface area contributed by atoms with Crippen LogP contribution in [0.4, 0.5) is 0 Å². The fraction of sp³-hybridized carbons (Fsp3) is 0.250. The highest BCUT2D eigenvalue weighted by molar-refractivity contribution is 14.1. The Bertz CT molecular complexity index is 532. The fourth-order valence-electron chi connectivity index (χ4n) is 1.73. The molecule has 2 aromatic rings. The number of benzene rings is 1. The number of hydrogen-bond donors (Lipinski definition) is 1. The van der Waals surface area contributed by atoms with Crippen LogP contribution in [0.2, 0.25) is 0 Å². The summed E-state index contributed by atoms with van der Waals surface area (Å²) >= 11 is 5.85. The molecule has 0 atom stereocenters. The molecule has 2 nitrogen and oxygen atoms in total. The van der Waals surface area contributed by atoms with Crippen molar-refractivity contribution in [1.29, 1.82) is 0 Å². The van der Waals surface area contributed by atoms with E-state index in [-0.39, 0.29) is 0 Å². The van der Waals surface area contributed by atoms with E-state index in [2.05, 4.69) is 66.7 Å². The Morgan fingerprint density at radius 3 is 2.88 bits per heavy atom. The van der Waals surface area contributed by atoms with E-state index in [4.69, 9.17) is 0 Å². The van der Waals surface area contributed by atoms with E-state index in [1.54, 1.807) is 0 Å². The second-order valence-electron chi connectivity index (χ2n) is 4.09. The predicted octanol–water partition coefficient (Wildman–Crippen LogP) is 4.32. The predicted molar refractivity (Wildman–Crippen MR) is 76.4 cm³/mol. The van der Waals surface area contributed by atoms with Crippen molar-refractivity contribution in [2.45, 2.75) is 18.8 Å². The van der Waals surface area contributed by atoms with Gasteiger partial charge in [-0.2, -0.15) is 0 Å². The van der Waals surface area contributed by atoms with Crippen LogP contribution in [0.1, 0.15) is 24.5 Å². The van der Waals surface area contributed by atoms with Crippen LogP contribution in [0.5, 0.6) is 0 Å². The highest BCUT2D eigenvalue weighted by atomic mass is 127. The first-order valence-electron chi connectivity index (χ1n) is 5.24. The number of nitrogens with zero attached hydrogens (tertiary/aromatic N) is 1. The quantitative estimate of drug-likeness (QED) is 0.762. The normalized spacial score (nSPS) is 15.4. The monoisotopic (exact) mass is 388 g/mol. The number of hydrogen-bond acceptors (Lipinski definition) is 1. The van der Waals surface area contributed by atoms with Gasteiger partial charge in [0.15, 0.2) is 0 Å². The van der Waals surface area contributed by atoms with Crippen LogP contribution in [0.15, 0.2) is 28.9 Å². The maximum Gasteiger partial charge on any atom is 0.137 e. The van der Waals surface area contributed by atoms with Gasteiger partial charge in [-0.3, -0.25) is 0 Å². The summed E-state index contributed by atoms with van der Waals surface area (Å²) in [5.74, 6) is 1.70. The van der Waals surface area contributed by atoms with E-state index in [9.17, 15) is 0 Å². The molecule has 1 fully saturated rings. The number of nitrogens with one attached hydrogen (secondary N) is 1. The summed E-state index contributed by atoms with van der Waals surface area (Å²) in [6.45, 7) is 0. The number of aromatic nitrogens is 2. The van der Waals surface area contributed by atoms with Gasteiger partial charge in [-0.1, -0.05) is 6.07 Å². The minimum Gasteiger partial charge on any atom is -0.342 e. The Balaban J connectivity index is 1.97. The Labute approximate surface area is 116 Å². The van der Waals surface area contributed by atoms with Gasteiger partial charge in [-0.05, 0) is 63.5 Å². The van der Waals surface area contributed by atoms with E-state index in [0.29, 0.717) is 0 Å². The SMILES string of the molecule is Brc1cc(-c2ncc(C3CC3)[nH]2)ccc1I. The lowest BCUT2D eigenvalue weighted by atomic mass is 10.2. The molecule has 1 saturated carbocycles. The molecule has 0 aliphatic heterocycles. The van der Waals surface area contributed by atoms with E-state index >= 15 is 0 Å². The molecule has 4 heteroatoms. The molecule has 1 aliphatic rings. The van der Waals surface area contributed by atoms with Gasteiger partial charge in [0.1, 0.15) is 5.82 Å². The smallest absolute Gasteiger partial charge is 0.137 e. The summed E-state index contributed by atoms with van der Waals surface area (Å²) < 4.78 is 2.34. The molecule has 82 valence electrons. The van der Waals surface area contributed by atoms with Gasteiger partial charge < -0.3 is 4.98 Å². The van der Waals surface area contributed by atoms with E-state index in [0.717, 1.165) is 21.8 Å². The lowest BCUT2D eigenvalue weighted by Crippen LogP contribution is -1.83. The molecule has 3 rings (SSSR count). The Morgan fingerprint density at radius 1 is 1.38 bits per heavy atom. The first-order chi connectivity index (χ1) is 7.74. The van der Waals surface area contributed by atoms with Crippen LogP contribution in [0, 0.1) is 3.57 Å². The second kappa shape index (κ2) is 4.14. The first-order valence-corrected chi connectivity index (χ1v) is 7.11. The molecule has 0 radical (unpaired) electrons. The van der Waals surface area contributed by atoms with Crippen molar-refractivity contribution in [3.63, 3.8) is 0 Å². The number of H-pyrrole nitrogens is 1. The Kier molecular flexibility index (Phi) is 2.79. The minimum atomic E-state index is 0.730. The topological polar surface area (TPSA) is 28.7 Å². The molecule has 0 amide bonds. The summed E-state index contributed by atoms with van der Waals surface area (Å²) in [6.07, 6.45) is 4.58. The third-order valence-electron chi connectivity index (χ3n) is 2.81. The Hall–Kier alpha value is -0.360. The molecule has 0 unspecified atom stereocenters. The summed E-state index contributed by atoms with van der Waals surface area (Å²) in [5.41, 5.74) is 2.42. The van der Waals surface area contributed by atoms with Crippen LogP contribution in [0.3, 0.4) is 0 Å². The molecule has 0 saturated heterocycles. The summed E-state index contributed by atoms with van der Waals surface area (Å²) in [4.78, 5) is 7.84. The van der Waals surface area contributed by atoms with Crippen molar-refractivity contribution in [1.82, 2.24) is 9.97 Å². The van der Waals surface area contributed by atoms with Gasteiger partial charge >= 0.3 is 0 Å². The average molecular weight is 389 g/mol. The van der Waals surface area contributed by atoms with Gasteiger partial charge in [0.05, 0.1) is 0 Å². The zero-order chi connectivity index (χ0) is 11.1. The lowest BCUT2D eigenvalue weighted by Gasteiger charge is -2.00. The summed E-state index contributed by atoms with van der Waals surface area (Å²) in [5, 5.41) is 0. The maximum absolute atomic E-state index is 4.44. The molecule has 1 aromatic carbocycles. The van der Waals surface area contributed by atoms with Crippen molar-refractivity contribution < 1.29 is 0 Å². The third-order valence-corrected chi connectivity index (χ3v) is 5.14. The van der Waals surface area contributed by atoms with Crippen LogP contribution in [0.25, 0.3) is 11.4 Å². The third kappa shape index (κ3) is 2.05. The molecule has 0 spiro atoms. The lowest BCUT2D eigenvalue weighted by molar-refractivity contribution is 1.05. The van der Waals surface area contributed by atoms with Gasteiger partial charge in [0.25, 0.3) is 0 Å². The second-order valence-corrected chi connectivity index (χ2v) is 6.11.